The van der Waals surface area contributed by atoms with E-state index in [2.05, 4.69) is 31.4 Å². The van der Waals surface area contributed by atoms with Crippen LogP contribution in [-0.4, -0.2) is 26.4 Å². The van der Waals surface area contributed by atoms with Crippen LogP contribution < -0.4 is 5.32 Å². The monoisotopic (exact) mass is 460 g/mol. The van der Waals surface area contributed by atoms with Crippen LogP contribution in [0.25, 0.3) is 11.6 Å². The first-order valence-corrected chi connectivity index (χ1v) is 9.50. The molecule has 0 bridgehead atoms. The third kappa shape index (κ3) is 4.38. The molecule has 0 saturated carbocycles. The summed E-state index contributed by atoms with van der Waals surface area (Å²) in [5.74, 6) is 1.16. The Morgan fingerprint density at radius 3 is 2.76 bits per heavy atom. The van der Waals surface area contributed by atoms with Crippen molar-refractivity contribution in [2.24, 2.45) is 7.05 Å². The van der Waals surface area contributed by atoms with Crippen LogP contribution in [0.3, 0.4) is 0 Å². The summed E-state index contributed by atoms with van der Waals surface area (Å²) in [4.78, 5) is 12.1. The average molecular weight is 462 g/mol. The zero-order valence-electron chi connectivity index (χ0n) is 12.8. The number of carbonyl (C=O) groups excluding carboxylic acids is 1. The van der Waals surface area contributed by atoms with Gasteiger partial charge in [0.2, 0.25) is 5.91 Å². The minimum Gasteiger partial charge on any atom is -0.446 e. The number of rotatable bonds is 5. The number of nitrogens with zero attached hydrogens (tertiary/aromatic N) is 3. The molecule has 6 nitrogen and oxygen atoms in total. The van der Waals surface area contributed by atoms with Gasteiger partial charge in [0.25, 0.3) is 0 Å². The number of furan rings is 1. The van der Waals surface area contributed by atoms with Crippen molar-refractivity contribution in [3.05, 3.63) is 45.0 Å². The number of halogens is 3. The molecule has 1 aromatic carbocycles. The summed E-state index contributed by atoms with van der Waals surface area (Å²) in [5, 5.41) is 12.4. The first kappa shape index (κ1) is 18.3. The fourth-order valence-corrected chi connectivity index (χ4v) is 3.31. The van der Waals surface area contributed by atoms with Gasteiger partial charge in [-0.2, -0.15) is 0 Å². The molecule has 1 N–H and O–H groups in total. The Bertz CT molecular complexity index is 928. The van der Waals surface area contributed by atoms with Gasteiger partial charge >= 0.3 is 0 Å². The van der Waals surface area contributed by atoms with Crippen molar-refractivity contribution in [1.29, 1.82) is 0 Å². The zero-order chi connectivity index (χ0) is 18.0. The van der Waals surface area contributed by atoms with Gasteiger partial charge < -0.3 is 14.3 Å². The van der Waals surface area contributed by atoms with Crippen LogP contribution in [0, 0.1) is 0 Å². The lowest BCUT2D eigenvalue weighted by Crippen LogP contribution is -2.14. The number of carbonyl (C=O) groups is 1. The topological polar surface area (TPSA) is 73.0 Å². The van der Waals surface area contributed by atoms with Crippen molar-refractivity contribution in [2.75, 3.05) is 11.1 Å². The van der Waals surface area contributed by atoms with Crippen molar-refractivity contribution in [3.8, 4) is 11.6 Å². The Balaban J connectivity index is 1.62. The normalized spacial score (nSPS) is 10.9. The fraction of sp³-hybridized carbons (Fsp3) is 0.133. The van der Waals surface area contributed by atoms with Gasteiger partial charge in [0.05, 0.1) is 15.8 Å². The Hall–Kier alpha value is -1.48. The highest BCUT2D eigenvalue weighted by Crippen LogP contribution is 2.27. The molecule has 0 saturated heterocycles. The van der Waals surface area contributed by atoms with E-state index in [0.717, 1.165) is 0 Å². The van der Waals surface area contributed by atoms with Gasteiger partial charge in [0.15, 0.2) is 21.4 Å². The van der Waals surface area contributed by atoms with Crippen LogP contribution in [0.5, 0.6) is 0 Å². The highest BCUT2D eigenvalue weighted by atomic mass is 79.9. The Morgan fingerprint density at radius 2 is 2.08 bits per heavy atom. The molecule has 0 fully saturated rings. The summed E-state index contributed by atoms with van der Waals surface area (Å²) in [6, 6.07) is 8.48. The molecule has 0 aliphatic rings. The highest BCUT2D eigenvalue weighted by molar-refractivity contribution is 9.10. The number of hydrogen-bond donors (Lipinski definition) is 1. The maximum Gasteiger partial charge on any atom is 0.234 e. The summed E-state index contributed by atoms with van der Waals surface area (Å²) in [7, 11) is 1.81. The van der Waals surface area contributed by atoms with E-state index >= 15 is 0 Å². The molecule has 0 radical (unpaired) electrons. The maximum atomic E-state index is 12.1. The highest BCUT2D eigenvalue weighted by Gasteiger charge is 2.15. The third-order valence-electron chi connectivity index (χ3n) is 3.16. The summed E-state index contributed by atoms with van der Waals surface area (Å²) in [6.07, 6.45) is 0. The SMILES string of the molecule is Cn1c(SCC(=O)Nc2ccc(Cl)c(Cl)c2)nnc1-c1ccc(Br)o1. The number of benzene rings is 1. The second-order valence-corrected chi connectivity index (χ2v) is 7.47. The fourth-order valence-electron chi connectivity index (χ4n) is 1.99. The largest absolute Gasteiger partial charge is 0.446 e. The number of hydrogen-bond acceptors (Lipinski definition) is 5. The van der Waals surface area contributed by atoms with E-state index in [1.54, 1.807) is 34.9 Å². The second kappa shape index (κ2) is 7.82. The second-order valence-electron chi connectivity index (χ2n) is 4.93. The van der Waals surface area contributed by atoms with E-state index in [-0.39, 0.29) is 11.7 Å². The average Bonchev–Trinajstić information content (AvgIpc) is 3.15. The van der Waals surface area contributed by atoms with Crippen LogP contribution in [0.2, 0.25) is 10.0 Å². The van der Waals surface area contributed by atoms with Crippen LogP contribution in [0.15, 0.2) is 44.6 Å². The molecule has 2 aromatic heterocycles. The minimum absolute atomic E-state index is 0.175. The molecule has 0 atom stereocenters. The quantitative estimate of drug-likeness (QED) is 0.548. The molecule has 0 spiro atoms. The van der Waals surface area contributed by atoms with E-state index in [4.69, 9.17) is 27.6 Å². The summed E-state index contributed by atoms with van der Waals surface area (Å²) in [6.45, 7) is 0. The van der Waals surface area contributed by atoms with Crippen LogP contribution >= 0.6 is 50.9 Å². The lowest BCUT2D eigenvalue weighted by atomic mass is 10.3. The van der Waals surface area contributed by atoms with Gasteiger partial charge in [-0.05, 0) is 46.3 Å². The molecule has 25 heavy (non-hydrogen) atoms. The third-order valence-corrected chi connectivity index (χ3v) is 5.35. The molecule has 0 aliphatic heterocycles. The number of thioether (sulfide) groups is 1. The van der Waals surface area contributed by atoms with Crippen molar-refractivity contribution < 1.29 is 9.21 Å². The molecule has 3 aromatic rings. The number of aromatic nitrogens is 3. The van der Waals surface area contributed by atoms with Gasteiger partial charge in [-0.3, -0.25) is 4.79 Å². The Kier molecular flexibility index (Phi) is 5.73. The summed E-state index contributed by atoms with van der Waals surface area (Å²) >= 11 is 16.3. The van der Waals surface area contributed by atoms with Crippen molar-refractivity contribution in [2.45, 2.75) is 5.16 Å². The standard InChI is InChI=1S/C15H11BrCl2N4O2S/c1-22-14(11-4-5-12(16)24-11)20-21-15(22)25-7-13(23)19-8-2-3-9(17)10(18)6-8/h2-6H,7H2,1H3,(H,19,23). The van der Waals surface area contributed by atoms with Crippen molar-refractivity contribution in [3.63, 3.8) is 0 Å². The molecule has 3 rings (SSSR count). The lowest BCUT2D eigenvalue weighted by Gasteiger charge is -2.06. The molecule has 0 aliphatic carbocycles. The molecule has 1 amide bonds. The smallest absolute Gasteiger partial charge is 0.234 e. The van der Waals surface area contributed by atoms with E-state index in [9.17, 15) is 4.79 Å². The van der Waals surface area contributed by atoms with Gasteiger partial charge in [0, 0.05) is 12.7 Å². The van der Waals surface area contributed by atoms with E-state index in [0.29, 0.717) is 37.1 Å². The predicted octanol–water partition coefficient (Wildman–Crippen LogP) is 4.88. The van der Waals surface area contributed by atoms with Gasteiger partial charge in [0.1, 0.15) is 0 Å². The van der Waals surface area contributed by atoms with E-state index in [1.807, 2.05) is 7.05 Å². The number of anilines is 1. The number of amides is 1. The Morgan fingerprint density at radius 1 is 1.28 bits per heavy atom. The van der Waals surface area contributed by atoms with Gasteiger partial charge in [-0.1, -0.05) is 35.0 Å². The van der Waals surface area contributed by atoms with Crippen LogP contribution in [-0.2, 0) is 11.8 Å². The van der Waals surface area contributed by atoms with E-state index < -0.39 is 0 Å². The van der Waals surface area contributed by atoms with Crippen LogP contribution in [0.1, 0.15) is 0 Å². The van der Waals surface area contributed by atoms with E-state index in [1.165, 1.54) is 11.8 Å². The first-order chi connectivity index (χ1) is 11.9. The maximum absolute atomic E-state index is 12.1. The molecule has 2 heterocycles. The molecule has 0 unspecified atom stereocenters. The molecular formula is C15H11BrCl2N4O2S. The minimum atomic E-state index is -0.186. The molecule has 130 valence electrons. The van der Waals surface area contributed by atoms with Gasteiger partial charge in [-0.15, -0.1) is 10.2 Å². The summed E-state index contributed by atoms with van der Waals surface area (Å²) in [5.41, 5.74) is 0.582. The number of nitrogens with one attached hydrogen (secondary N) is 1. The predicted molar refractivity (Wildman–Crippen MR) is 102 cm³/mol. The zero-order valence-corrected chi connectivity index (χ0v) is 16.7. The van der Waals surface area contributed by atoms with Crippen LogP contribution in [0.4, 0.5) is 5.69 Å². The molecule has 10 heteroatoms. The lowest BCUT2D eigenvalue weighted by molar-refractivity contribution is -0.113. The first-order valence-electron chi connectivity index (χ1n) is 6.97. The van der Waals surface area contributed by atoms with Crippen molar-refractivity contribution >= 4 is 62.5 Å². The van der Waals surface area contributed by atoms with Crippen molar-refractivity contribution in [1.82, 2.24) is 14.8 Å². The molecular weight excluding hydrogens is 451 g/mol. The summed E-state index contributed by atoms with van der Waals surface area (Å²) < 4.78 is 7.85. The Labute approximate surface area is 166 Å². The van der Waals surface area contributed by atoms with Gasteiger partial charge in [-0.25, -0.2) is 0 Å².